The molecule has 0 unspecified atom stereocenters. The molecule has 1 aromatic rings. The Morgan fingerprint density at radius 2 is 2.05 bits per heavy atom. The van der Waals surface area contributed by atoms with Crippen LogP contribution in [0.2, 0.25) is 0 Å². The Morgan fingerprint density at radius 1 is 1.37 bits per heavy atom. The van der Waals surface area contributed by atoms with E-state index in [1.54, 1.807) is 6.07 Å². The molecule has 1 amide bonds. The van der Waals surface area contributed by atoms with Gasteiger partial charge < -0.3 is 10.6 Å². The van der Waals surface area contributed by atoms with Gasteiger partial charge in [0.1, 0.15) is 6.07 Å². The Hall–Kier alpha value is -2.16. The van der Waals surface area contributed by atoms with E-state index >= 15 is 0 Å². The molecule has 0 saturated carbocycles. The number of nitrogens with one attached hydrogen (secondary N) is 2. The fraction of sp³-hybridized carbons (Fsp3) is 0.385. The third-order valence-corrected chi connectivity index (χ3v) is 2.32. The molecule has 1 aromatic carbocycles. The van der Waals surface area contributed by atoms with Crippen LogP contribution in [0.3, 0.4) is 0 Å². The number of anilines is 1. The number of carbonyl (C=O) groups excluding carboxylic acids is 1. The molecule has 0 atom stereocenters. The minimum absolute atomic E-state index is 0.0385. The van der Waals surface area contributed by atoms with Crippen LogP contribution in [0.5, 0.6) is 0 Å². The highest BCUT2D eigenvalue weighted by Gasteiger charge is 2.13. The molecule has 0 heterocycles. The van der Waals surface area contributed by atoms with E-state index in [0.29, 0.717) is 0 Å². The van der Waals surface area contributed by atoms with Crippen LogP contribution in [-0.2, 0) is 4.79 Å². The Bertz CT molecular complexity index is 509. The van der Waals surface area contributed by atoms with Crippen LogP contribution >= 0.6 is 0 Å². The fourth-order valence-corrected chi connectivity index (χ4v) is 1.48. The predicted molar refractivity (Wildman–Crippen MR) is 67.5 cm³/mol. The topological polar surface area (TPSA) is 64.9 Å². The number of benzene rings is 1. The lowest BCUT2D eigenvalue weighted by molar-refractivity contribution is -0.121. The fourth-order valence-electron chi connectivity index (χ4n) is 1.48. The second-order valence-corrected chi connectivity index (χ2v) is 4.30. The first-order valence-electron chi connectivity index (χ1n) is 5.87. The molecular formula is C13H15F2N3O. The van der Waals surface area contributed by atoms with Gasteiger partial charge in [-0.3, -0.25) is 4.79 Å². The van der Waals surface area contributed by atoms with E-state index in [1.165, 1.54) is 12.1 Å². The van der Waals surface area contributed by atoms with Crippen molar-refractivity contribution in [1.82, 2.24) is 5.32 Å². The van der Waals surface area contributed by atoms with E-state index in [0.717, 1.165) is 0 Å². The molecular weight excluding hydrogens is 252 g/mol. The standard InChI is InChI=1S/C13H15F2N3O/c1-8(2)18-11(19)5-6-17-10-4-3-9(7-16)12(14)13(10)15/h3-4,8,17H,5-6H2,1-2H3,(H,18,19). The van der Waals surface area contributed by atoms with Crippen molar-refractivity contribution in [3.63, 3.8) is 0 Å². The molecule has 4 nitrogen and oxygen atoms in total. The third-order valence-electron chi connectivity index (χ3n) is 2.32. The smallest absolute Gasteiger partial charge is 0.221 e. The molecule has 2 N–H and O–H groups in total. The van der Waals surface area contributed by atoms with E-state index in [1.807, 2.05) is 13.8 Å². The molecule has 0 aliphatic heterocycles. The maximum absolute atomic E-state index is 13.5. The number of amides is 1. The first-order chi connectivity index (χ1) is 8.95. The van der Waals surface area contributed by atoms with Crippen LogP contribution in [0.1, 0.15) is 25.8 Å². The van der Waals surface area contributed by atoms with Crippen LogP contribution < -0.4 is 10.6 Å². The summed E-state index contributed by atoms with van der Waals surface area (Å²) in [6, 6.07) is 4.06. The van der Waals surface area contributed by atoms with Gasteiger partial charge in [-0.1, -0.05) is 0 Å². The largest absolute Gasteiger partial charge is 0.382 e. The highest BCUT2D eigenvalue weighted by atomic mass is 19.2. The molecule has 0 fully saturated rings. The summed E-state index contributed by atoms with van der Waals surface area (Å²) in [5.41, 5.74) is -0.408. The highest BCUT2D eigenvalue weighted by molar-refractivity contribution is 5.76. The van der Waals surface area contributed by atoms with Crippen molar-refractivity contribution >= 4 is 11.6 Å². The van der Waals surface area contributed by atoms with Crippen molar-refractivity contribution in [1.29, 1.82) is 5.26 Å². The van der Waals surface area contributed by atoms with Gasteiger partial charge in [0.25, 0.3) is 0 Å². The first kappa shape index (κ1) is 14.9. The second kappa shape index (κ2) is 6.69. The second-order valence-electron chi connectivity index (χ2n) is 4.30. The van der Waals surface area contributed by atoms with E-state index in [9.17, 15) is 13.6 Å². The SMILES string of the molecule is CC(C)NC(=O)CCNc1ccc(C#N)c(F)c1F. The van der Waals surface area contributed by atoms with Crippen molar-refractivity contribution in [2.75, 3.05) is 11.9 Å². The van der Waals surface area contributed by atoms with E-state index in [4.69, 9.17) is 5.26 Å². The summed E-state index contributed by atoms with van der Waals surface area (Å²) in [5, 5.41) is 13.8. The van der Waals surface area contributed by atoms with Crippen LogP contribution in [0.4, 0.5) is 14.5 Å². The van der Waals surface area contributed by atoms with Gasteiger partial charge in [0.15, 0.2) is 11.6 Å². The van der Waals surface area contributed by atoms with Gasteiger partial charge in [-0.2, -0.15) is 5.26 Å². The molecule has 1 rings (SSSR count). The van der Waals surface area contributed by atoms with Crippen LogP contribution in [0, 0.1) is 23.0 Å². The molecule has 6 heteroatoms. The molecule has 0 aromatic heterocycles. The number of hydrogen-bond donors (Lipinski definition) is 2. The van der Waals surface area contributed by atoms with Gasteiger partial charge >= 0.3 is 0 Å². The van der Waals surface area contributed by atoms with Crippen LogP contribution in [-0.4, -0.2) is 18.5 Å². The minimum Gasteiger partial charge on any atom is -0.382 e. The van der Waals surface area contributed by atoms with Gasteiger partial charge in [-0.15, -0.1) is 0 Å². The van der Waals surface area contributed by atoms with Crippen LogP contribution in [0.15, 0.2) is 12.1 Å². The van der Waals surface area contributed by atoms with Crippen molar-refractivity contribution in [3.05, 3.63) is 29.3 Å². The van der Waals surface area contributed by atoms with Crippen LogP contribution in [0.25, 0.3) is 0 Å². The average molecular weight is 267 g/mol. The Balaban J connectivity index is 2.58. The van der Waals surface area contributed by atoms with Gasteiger partial charge in [-0.25, -0.2) is 8.78 Å². The molecule has 102 valence electrons. The molecule has 0 spiro atoms. The quantitative estimate of drug-likeness (QED) is 0.859. The van der Waals surface area contributed by atoms with E-state index in [2.05, 4.69) is 10.6 Å². The maximum Gasteiger partial charge on any atom is 0.221 e. The average Bonchev–Trinajstić information content (AvgIpc) is 2.34. The van der Waals surface area contributed by atoms with Gasteiger partial charge in [0, 0.05) is 19.0 Å². The lowest BCUT2D eigenvalue weighted by Crippen LogP contribution is -2.31. The Kier molecular flexibility index (Phi) is 5.24. The van der Waals surface area contributed by atoms with Gasteiger partial charge in [0.05, 0.1) is 11.3 Å². The summed E-state index contributed by atoms with van der Waals surface area (Å²) in [6.07, 6.45) is 0.152. The molecule has 19 heavy (non-hydrogen) atoms. The molecule has 0 saturated heterocycles. The zero-order chi connectivity index (χ0) is 14.4. The molecule has 0 radical (unpaired) electrons. The summed E-state index contributed by atoms with van der Waals surface area (Å²) >= 11 is 0. The van der Waals surface area contributed by atoms with Crippen molar-refractivity contribution in [3.8, 4) is 6.07 Å². The van der Waals surface area contributed by atoms with Gasteiger partial charge in [0.2, 0.25) is 5.91 Å². The molecule has 0 aliphatic carbocycles. The van der Waals surface area contributed by atoms with Crippen molar-refractivity contribution in [2.45, 2.75) is 26.3 Å². The first-order valence-corrected chi connectivity index (χ1v) is 5.87. The summed E-state index contributed by atoms with van der Waals surface area (Å²) in [4.78, 5) is 11.3. The Labute approximate surface area is 110 Å². The summed E-state index contributed by atoms with van der Waals surface area (Å²) in [5.74, 6) is -2.46. The lowest BCUT2D eigenvalue weighted by Gasteiger charge is -2.10. The third kappa shape index (κ3) is 4.21. The summed E-state index contributed by atoms with van der Waals surface area (Å²) in [6.45, 7) is 3.85. The molecule has 0 aliphatic rings. The van der Waals surface area contributed by atoms with E-state index < -0.39 is 11.6 Å². The van der Waals surface area contributed by atoms with Gasteiger partial charge in [-0.05, 0) is 26.0 Å². The minimum atomic E-state index is -1.18. The highest BCUT2D eigenvalue weighted by Crippen LogP contribution is 2.19. The Morgan fingerprint density at radius 3 is 2.63 bits per heavy atom. The zero-order valence-electron chi connectivity index (χ0n) is 10.8. The summed E-state index contributed by atoms with van der Waals surface area (Å²) < 4.78 is 26.8. The maximum atomic E-state index is 13.5. The van der Waals surface area contributed by atoms with Crippen molar-refractivity contribution in [2.24, 2.45) is 0 Å². The monoisotopic (exact) mass is 267 g/mol. The number of nitriles is 1. The number of nitrogens with zero attached hydrogens (tertiary/aromatic N) is 1. The number of hydrogen-bond acceptors (Lipinski definition) is 3. The number of rotatable bonds is 5. The van der Waals surface area contributed by atoms with Crippen molar-refractivity contribution < 1.29 is 13.6 Å². The normalized spacial score (nSPS) is 10.1. The number of halogens is 2. The number of carbonyl (C=O) groups is 1. The zero-order valence-corrected chi connectivity index (χ0v) is 10.8. The lowest BCUT2D eigenvalue weighted by atomic mass is 10.2. The summed E-state index contributed by atoms with van der Waals surface area (Å²) in [7, 11) is 0. The predicted octanol–water partition coefficient (Wildman–Crippen LogP) is 2.16. The molecule has 0 bridgehead atoms. The van der Waals surface area contributed by atoms with E-state index in [-0.39, 0.29) is 36.2 Å².